The van der Waals surface area contributed by atoms with E-state index in [9.17, 15) is 9.59 Å². The van der Waals surface area contributed by atoms with Gasteiger partial charge in [0.25, 0.3) is 11.1 Å². The van der Waals surface area contributed by atoms with Crippen LogP contribution in [0.1, 0.15) is 22.5 Å². The van der Waals surface area contributed by atoms with Gasteiger partial charge in [0.1, 0.15) is 5.82 Å². The molecular weight excluding hydrogens is 334 g/mol. The van der Waals surface area contributed by atoms with Gasteiger partial charge in [-0.25, -0.2) is 4.98 Å². The predicted octanol–water partition coefficient (Wildman–Crippen LogP) is 3.47. The molecular formula is C19H17N3O2S. The van der Waals surface area contributed by atoms with Crippen LogP contribution in [0.5, 0.6) is 0 Å². The maximum absolute atomic E-state index is 12.3. The molecule has 0 spiro atoms. The zero-order valence-electron chi connectivity index (χ0n) is 14.2. The Labute approximate surface area is 150 Å². The van der Waals surface area contributed by atoms with Gasteiger partial charge >= 0.3 is 0 Å². The van der Waals surface area contributed by atoms with Gasteiger partial charge in [-0.15, -0.1) is 6.42 Å². The summed E-state index contributed by atoms with van der Waals surface area (Å²) in [6, 6.07) is 5.94. The Balaban J connectivity index is 1.99. The fraction of sp³-hybridized carbons (Fsp3) is 0.211. The molecule has 2 aromatic heterocycles. The van der Waals surface area contributed by atoms with Crippen LogP contribution in [0.25, 0.3) is 11.9 Å². The topological polar surface area (TPSA) is 55.2 Å². The average Bonchev–Trinajstić information content (AvgIpc) is 3.00. The molecule has 1 aliphatic heterocycles. The fourth-order valence-corrected chi connectivity index (χ4v) is 3.58. The van der Waals surface area contributed by atoms with Crippen molar-refractivity contribution < 1.29 is 9.59 Å². The molecule has 6 heteroatoms. The molecule has 0 radical (unpaired) electrons. The van der Waals surface area contributed by atoms with Crippen LogP contribution in [-0.4, -0.2) is 32.1 Å². The molecule has 0 aromatic carbocycles. The third kappa shape index (κ3) is 3.11. The first kappa shape index (κ1) is 17.1. The minimum atomic E-state index is -0.341. The molecule has 5 nitrogen and oxygen atoms in total. The normalized spacial score (nSPS) is 15.9. The lowest BCUT2D eigenvalue weighted by Crippen LogP contribution is -2.28. The van der Waals surface area contributed by atoms with Crippen molar-refractivity contribution >= 4 is 29.0 Å². The number of rotatable bonds is 3. The Morgan fingerprint density at radius 2 is 2.04 bits per heavy atom. The molecule has 1 aliphatic rings. The first-order chi connectivity index (χ1) is 11.9. The van der Waals surface area contributed by atoms with Crippen LogP contribution in [0.15, 0.2) is 29.3 Å². The highest BCUT2D eigenvalue weighted by molar-refractivity contribution is 8.18. The van der Waals surface area contributed by atoms with Crippen molar-refractivity contribution in [1.82, 2.24) is 14.5 Å². The minimum absolute atomic E-state index is 0.00564. The molecule has 25 heavy (non-hydrogen) atoms. The second-order valence-electron chi connectivity index (χ2n) is 5.83. The zero-order chi connectivity index (χ0) is 18.1. The molecule has 0 aliphatic carbocycles. The van der Waals surface area contributed by atoms with Gasteiger partial charge < -0.3 is 4.57 Å². The maximum atomic E-state index is 12.3. The van der Waals surface area contributed by atoms with E-state index in [-0.39, 0.29) is 17.7 Å². The number of carbonyl (C=O) groups excluding carboxylic acids is 2. The van der Waals surface area contributed by atoms with Crippen LogP contribution in [0.4, 0.5) is 4.79 Å². The van der Waals surface area contributed by atoms with E-state index in [1.165, 1.54) is 0 Å². The largest absolute Gasteiger partial charge is 0.303 e. The van der Waals surface area contributed by atoms with Crippen LogP contribution in [0.3, 0.4) is 0 Å². The highest BCUT2D eigenvalue weighted by atomic mass is 32.2. The monoisotopic (exact) mass is 351 g/mol. The number of aryl methyl sites for hydroxylation is 2. The van der Waals surface area contributed by atoms with Gasteiger partial charge in [0, 0.05) is 17.6 Å². The van der Waals surface area contributed by atoms with Gasteiger partial charge in [-0.1, -0.05) is 12.0 Å². The molecule has 0 bridgehead atoms. The molecule has 1 fully saturated rings. The molecule has 126 valence electrons. The van der Waals surface area contributed by atoms with E-state index >= 15 is 0 Å². The number of carbonyl (C=O) groups is 2. The summed E-state index contributed by atoms with van der Waals surface area (Å²) in [5.41, 5.74) is 3.93. The SMILES string of the molecule is C#CCN1C(=O)SC(=Cc2cc(C)n(-c3ccc(C)cn3)c2C)C1=O. The number of amides is 2. The molecule has 0 unspecified atom stereocenters. The Kier molecular flexibility index (Phi) is 4.51. The number of thioether (sulfide) groups is 1. The van der Waals surface area contributed by atoms with E-state index in [0.717, 1.165) is 45.0 Å². The van der Waals surface area contributed by atoms with Crippen molar-refractivity contribution in [3.8, 4) is 18.2 Å². The van der Waals surface area contributed by atoms with Crippen LogP contribution >= 0.6 is 11.8 Å². The number of hydrogen-bond donors (Lipinski definition) is 0. The number of hydrogen-bond acceptors (Lipinski definition) is 4. The molecule has 0 saturated carbocycles. The third-order valence-electron chi connectivity index (χ3n) is 4.00. The second-order valence-corrected chi connectivity index (χ2v) is 6.82. The fourth-order valence-electron chi connectivity index (χ4n) is 2.75. The number of pyridine rings is 1. The second kappa shape index (κ2) is 6.61. The summed E-state index contributed by atoms with van der Waals surface area (Å²) in [6.07, 6.45) is 8.78. The van der Waals surface area contributed by atoms with Crippen molar-refractivity contribution in [2.75, 3.05) is 6.54 Å². The van der Waals surface area contributed by atoms with Gasteiger partial charge in [-0.05, 0) is 61.9 Å². The predicted molar refractivity (Wildman–Crippen MR) is 99.3 cm³/mol. The quantitative estimate of drug-likeness (QED) is 0.628. The van der Waals surface area contributed by atoms with Crippen molar-refractivity contribution in [2.24, 2.45) is 0 Å². The van der Waals surface area contributed by atoms with E-state index in [4.69, 9.17) is 6.42 Å². The highest BCUT2D eigenvalue weighted by Gasteiger charge is 2.34. The van der Waals surface area contributed by atoms with Gasteiger partial charge in [-0.3, -0.25) is 14.5 Å². The first-order valence-electron chi connectivity index (χ1n) is 7.73. The molecule has 3 heterocycles. The summed E-state index contributed by atoms with van der Waals surface area (Å²) in [6.45, 7) is 5.93. The first-order valence-corrected chi connectivity index (χ1v) is 8.55. The number of aromatic nitrogens is 2. The van der Waals surface area contributed by atoms with Gasteiger partial charge in [0.05, 0.1) is 11.4 Å². The van der Waals surface area contributed by atoms with Crippen molar-refractivity contribution in [3.63, 3.8) is 0 Å². The van der Waals surface area contributed by atoms with E-state index in [2.05, 4.69) is 10.9 Å². The lowest BCUT2D eigenvalue weighted by molar-refractivity contribution is -0.122. The Morgan fingerprint density at radius 1 is 1.28 bits per heavy atom. The van der Waals surface area contributed by atoms with E-state index in [1.807, 2.05) is 49.7 Å². The third-order valence-corrected chi connectivity index (χ3v) is 4.91. The molecule has 2 aromatic rings. The zero-order valence-corrected chi connectivity index (χ0v) is 15.1. The van der Waals surface area contributed by atoms with Crippen molar-refractivity contribution in [3.05, 3.63) is 51.8 Å². The lowest BCUT2D eigenvalue weighted by Gasteiger charge is -2.08. The van der Waals surface area contributed by atoms with Crippen LogP contribution in [0, 0.1) is 33.1 Å². The standard InChI is InChI=1S/C19H17N3O2S/c1-5-8-21-18(23)16(25-19(21)24)10-15-9-13(3)22(14(15)4)17-7-6-12(2)11-20-17/h1,6-7,9-11H,8H2,2-4H3. The summed E-state index contributed by atoms with van der Waals surface area (Å²) < 4.78 is 2.02. The number of terminal acetylenes is 1. The van der Waals surface area contributed by atoms with Gasteiger partial charge in [0.15, 0.2) is 0 Å². The Morgan fingerprint density at radius 3 is 2.68 bits per heavy atom. The average molecular weight is 351 g/mol. The number of imide groups is 1. The van der Waals surface area contributed by atoms with E-state index in [0.29, 0.717) is 4.91 Å². The van der Waals surface area contributed by atoms with Crippen LogP contribution in [0.2, 0.25) is 0 Å². The smallest absolute Gasteiger partial charge is 0.294 e. The minimum Gasteiger partial charge on any atom is -0.303 e. The molecule has 0 N–H and O–H groups in total. The lowest BCUT2D eigenvalue weighted by atomic mass is 10.2. The summed E-state index contributed by atoms with van der Waals surface area (Å²) in [5, 5.41) is -0.330. The molecule has 2 amide bonds. The van der Waals surface area contributed by atoms with Gasteiger partial charge in [0.2, 0.25) is 0 Å². The van der Waals surface area contributed by atoms with Crippen molar-refractivity contribution in [2.45, 2.75) is 20.8 Å². The summed E-state index contributed by atoms with van der Waals surface area (Å²) in [7, 11) is 0. The highest BCUT2D eigenvalue weighted by Crippen LogP contribution is 2.33. The molecule has 3 rings (SSSR count). The summed E-state index contributed by atoms with van der Waals surface area (Å²) in [4.78, 5) is 30.2. The van der Waals surface area contributed by atoms with Crippen molar-refractivity contribution in [1.29, 1.82) is 0 Å². The van der Waals surface area contributed by atoms with Crippen LogP contribution < -0.4 is 0 Å². The number of nitrogens with zero attached hydrogens (tertiary/aromatic N) is 3. The summed E-state index contributed by atoms with van der Waals surface area (Å²) >= 11 is 0.916. The van der Waals surface area contributed by atoms with E-state index in [1.54, 1.807) is 6.08 Å². The Bertz CT molecular complexity index is 933. The summed E-state index contributed by atoms with van der Waals surface area (Å²) in [5.74, 6) is 2.82. The Hall–Kier alpha value is -2.78. The molecule has 0 atom stereocenters. The van der Waals surface area contributed by atoms with Gasteiger partial charge in [-0.2, -0.15) is 0 Å². The maximum Gasteiger partial charge on any atom is 0.294 e. The van der Waals surface area contributed by atoms with E-state index < -0.39 is 0 Å². The molecule has 1 saturated heterocycles. The van der Waals surface area contributed by atoms with Crippen LogP contribution in [-0.2, 0) is 4.79 Å².